The summed E-state index contributed by atoms with van der Waals surface area (Å²) in [5, 5.41) is 8.39. The average Bonchev–Trinajstić information content (AvgIpc) is 3.19. The molecular weight excluding hydrogens is 338 g/mol. The Bertz CT molecular complexity index is 801. The summed E-state index contributed by atoms with van der Waals surface area (Å²) in [6.07, 6.45) is 6.71. The van der Waals surface area contributed by atoms with Gasteiger partial charge in [-0.1, -0.05) is 26.8 Å². The second-order valence-corrected chi connectivity index (χ2v) is 7.83. The van der Waals surface area contributed by atoms with E-state index in [4.69, 9.17) is 0 Å². The maximum atomic E-state index is 14.8. The topological polar surface area (TPSA) is 61.4 Å². The van der Waals surface area contributed by atoms with E-state index in [-0.39, 0.29) is 5.41 Å². The molecule has 0 bridgehead atoms. The summed E-state index contributed by atoms with van der Waals surface area (Å²) in [5.74, 6) is -1.17. The Balaban J connectivity index is 2.14. The lowest BCUT2D eigenvalue weighted by molar-refractivity contribution is 0.183. The second kappa shape index (κ2) is 6.93. The van der Waals surface area contributed by atoms with Crippen LogP contribution in [0, 0.1) is 17.0 Å². The molecule has 3 rings (SSSR count). The van der Waals surface area contributed by atoms with E-state index in [9.17, 15) is 8.78 Å². The van der Waals surface area contributed by atoms with Gasteiger partial charge in [-0.25, -0.2) is 18.7 Å². The largest absolute Gasteiger partial charge is 0.252 e. The van der Waals surface area contributed by atoms with Crippen molar-refractivity contribution in [2.45, 2.75) is 45.7 Å². The Morgan fingerprint density at radius 3 is 1.92 bits per heavy atom. The van der Waals surface area contributed by atoms with Gasteiger partial charge < -0.3 is 0 Å². The van der Waals surface area contributed by atoms with Gasteiger partial charge in [0.2, 0.25) is 0 Å². The molecule has 1 aromatic carbocycles. The third-order valence-electron chi connectivity index (χ3n) is 4.23. The normalized spacial score (nSPS) is 12.5. The molecule has 0 saturated carbocycles. The number of halogens is 2. The van der Waals surface area contributed by atoms with E-state index in [1.807, 2.05) is 0 Å². The lowest BCUT2D eigenvalue weighted by Gasteiger charge is -2.39. The van der Waals surface area contributed by atoms with Crippen molar-refractivity contribution in [3.8, 4) is 0 Å². The second-order valence-electron chi connectivity index (χ2n) is 7.83. The third-order valence-corrected chi connectivity index (χ3v) is 4.23. The van der Waals surface area contributed by atoms with Crippen molar-refractivity contribution in [2.24, 2.45) is 5.41 Å². The van der Waals surface area contributed by atoms with Crippen LogP contribution in [0.1, 0.15) is 32.8 Å². The number of aromatic nitrogens is 6. The SMILES string of the molecule is CC(C)(C)CC(Cn1cncn1)(Cn1cncn1)c1ccc(F)cc1F. The fourth-order valence-corrected chi connectivity index (χ4v) is 3.61. The van der Waals surface area contributed by atoms with Gasteiger partial charge in [0, 0.05) is 11.5 Å². The highest BCUT2D eigenvalue weighted by Crippen LogP contribution is 2.40. The lowest BCUT2D eigenvalue weighted by Crippen LogP contribution is -2.41. The van der Waals surface area contributed by atoms with Crippen LogP contribution >= 0.6 is 0 Å². The lowest BCUT2D eigenvalue weighted by atomic mass is 9.69. The Hall–Kier alpha value is -2.64. The fraction of sp³-hybridized carbons (Fsp3) is 0.444. The first-order valence-corrected chi connectivity index (χ1v) is 8.38. The highest BCUT2D eigenvalue weighted by atomic mass is 19.1. The molecule has 0 fully saturated rings. The van der Waals surface area contributed by atoms with Crippen molar-refractivity contribution >= 4 is 0 Å². The molecule has 0 saturated heterocycles. The van der Waals surface area contributed by atoms with E-state index >= 15 is 0 Å². The zero-order valence-corrected chi connectivity index (χ0v) is 15.1. The number of benzene rings is 1. The molecule has 2 aromatic heterocycles. The van der Waals surface area contributed by atoms with Gasteiger partial charge in [0.1, 0.15) is 36.9 Å². The average molecular weight is 360 g/mol. The van der Waals surface area contributed by atoms with Gasteiger partial charge in [0.05, 0.1) is 13.1 Å². The third kappa shape index (κ3) is 4.12. The molecule has 3 aromatic rings. The maximum absolute atomic E-state index is 14.8. The van der Waals surface area contributed by atoms with Crippen molar-refractivity contribution in [3.05, 3.63) is 60.7 Å². The van der Waals surface area contributed by atoms with Gasteiger partial charge in [-0.05, 0) is 23.5 Å². The first kappa shape index (κ1) is 18.2. The molecule has 138 valence electrons. The Labute approximate surface area is 150 Å². The first-order chi connectivity index (χ1) is 12.3. The number of rotatable bonds is 6. The van der Waals surface area contributed by atoms with Crippen LogP contribution in [0.4, 0.5) is 8.78 Å². The summed E-state index contributed by atoms with van der Waals surface area (Å²) < 4.78 is 31.7. The van der Waals surface area contributed by atoms with E-state index < -0.39 is 17.0 Å². The molecule has 6 nitrogen and oxygen atoms in total. The Morgan fingerprint density at radius 1 is 0.923 bits per heavy atom. The number of hydrogen-bond acceptors (Lipinski definition) is 4. The molecule has 0 aliphatic carbocycles. The van der Waals surface area contributed by atoms with Crippen LogP contribution in [-0.2, 0) is 18.5 Å². The highest BCUT2D eigenvalue weighted by Gasteiger charge is 2.40. The van der Waals surface area contributed by atoms with Crippen molar-refractivity contribution in [2.75, 3.05) is 0 Å². The molecule has 0 unspecified atom stereocenters. The van der Waals surface area contributed by atoms with Crippen molar-refractivity contribution in [1.82, 2.24) is 29.5 Å². The van der Waals surface area contributed by atoms with E-state index in [0.717, 1.165) is 6.07 Å². The first-order valence-electron chi connectivity index (χ1n) is 8.38. The molecule has 26 heavy (non-hydrogen) atoms. The summed E-state index contributed by atoms with van der Waals surface area (Å²) in [6, 6.07) is 3.73. The van der Waals surface area contributed by atoms with Crippen molar-refractivity contribution in [3.63, 3.8) is 0 Å². The summed E-state index contributed by atoms with van der Waals surface area (Å²) in [4.78, 5) is 7.99. The molecule has 0 radical (unpaired) electrons. The zero-order valence-electron chi connectivity index (χ0n) is 15.1. The zero-order chi connectivity index (χ0) is 18.8. The predicted molar refractivity (Wildman–Crippen MR) is 92.2 cm³/mol. The molecule has 0 N–H and O–H groups in total. The van der Waals surface area contributed by atoms with Crippen LogP contribution < -0.4 is 0 Å². The van der Waals surface area contributed by atoms with Crippen molar-refractivity contribution < 1.29 is 8.78 Å². The van der Waals surface area contributed by atoms with Gasteiger partial charge in [0.15, 0.2) is 0 Å². The number of nitrogens with zero attached hydrogens (tertiary/aromatic N) is 6. The minimum absolute atomic E-state index is 0.123. The van der Waals surface area contributed by atoms with Gasteiger partial charge in [0.25, 0.3) is 0 Å². The van der Waals surface area contributed by atoms with Crippen LogP contribution in [0.15, 0.2) is 43.5 Å². The van der Waals surface area contributed by atoms with E-state index in [1.165, 1.54) is 24.8 Å². The van der Waals surface area contributed by atoms with Gasteiger partial charge in [-0.2, -0.15) is 10.2 Å². The van der Waals surface area contributed by atoms with Crippen LogP contribution in [0.2, 0.25) is 0 Å². The predicted octanol–water partition coefficient (Wildman–Crippen LogP) is 3.22. The summed E-state index contributed by atoms with van der Waals surface area (Å²) in [6.45, 7) is 7.03. The quantitative estimate of drug-likeness (QED) is 0.677. The Morgan fingerprint density at radius 2 is 1.50 bits per heavy atom. The van der Waals surface area contributed by atoms with Crippen LogP contribution in [0.5, 0.6) is 0 Å². The van der Waals surface area contributed by atoms with Crippen LogP contribution in [0.3, 0.4) is 0 Å². The standard InChI is InChI=1S/C18H22F2N6/c1-17(2,3)7-18(8-25-12-21-10-23-25,9-26-13-22-11-24-26)15-5-4-14(19)6-16(15)20/h4-6,10-13H,7-9H2,1-3H3. The molecule has 8 heteroatoms. The molecule has 0 amide bonds. The van der Waals surface area contributed by atoms with Crippen LogP contribution in [-0.4, -0.2) is 29.5 Å². The summed E-state index contributed by atoms with van der Waals surface area (Å²) in [7, 11) is 0. The highest BCUT2D eigenvalue weighted by molar-refractivity contribution is 5.28. The summed E-state index contributed by atoms with van der Waals surface area (Å²) >= 11 is 0. The molecule has 0 spiro atoms. The number of hydrogen-bond donors (Lipinski definition) is 0. The van der Waals surface area contributed by atoms with E-state index in [1.54, 1.807) is 22.0 Å². The minimum Gasteiger partial charge on any atom is -0.252 e. The van der Waals surface area contributed by atoms with Gasteiger partial charge in [-0.3, -0.25) is 9.36 Å². The van der Waals surface area contributed by atoms with Crippen LogP contribution in [0.25, 0.3) is 0 Å². The van der Waals surface area contributed by atoms with E-state index in [2.05, 4.69) is 40.9 Å². The molecule has 2 heterocycles. The molecule has 0 aliphatic heterocycles. The fourth-order valence-electron chi connectivity index (χ4n) is 3.61. The Kier molecular flexibility index (Phi) is 4.84. The monoisotopic (exact) mass is 360 g/mol. The van der Waals surface area contributed by atoms with Crippen molar-refractivity contribution in [1.29, 1.82) is 0 Å². The molecule has 0 atom stereocenters. The molecular formula is C18H22F2N6. The summed E-state index contributed by atoms with van der Waals surface area (Å²) in [5.41, 5.74) is -0.404. The van der Waals surface area contributed by atoms with Gasteiger partial charge >= 0.3 is 0 Å². The molecule has 0 aliphatic rings. The maximum Gasteiger partial charge on any atom is 0.137 e. The van der Waals surface area contributed by atoms with Gasteiger partial charge in [-0.15, -0.1) is 0 Å². The minimum atomic E-state index is -0.711. The smallest absolute Gasteiger partial charge is 0.137 e. The van der Waals surface area contributed by atoms with E-state index in [0.29, 0.717) is 25.1 Å².